The van der Waals surface area contributed by atoms with Crippen molar-refractivity contribution < 1.29 is 9.15 Å². The van der Waals surface area contributed by atoms with E-state index in [1.807, 2.05) is 60.7 Å². The summed E-state index contributed by atoms with van der Waals surface area (Å²) in [5.41, 5.74) is 0.902. The molecule has 0 spiro atoms. The Morgan fingerprint density at radius 2 is 1.65 bits per heavy atom. The zero-order valence-electron chi connectivity index (χ0n) is 9.30. The molecule has 0 saturated carbocycles. The predicted molar refractivity (Wildman–Crippen MR) is 67.0 cm³/mol. The molecule has 0 radical (unpaired) electrons. The molecule has 0 aliphatic rings. The predicted octanol–water partition coefficient (Wildman–Crippen LogP) is 4.01. The molecule has 0 aliphatic heterocycles. The van der Waals surface area contributed by atoms with Crippen LogP contribution in [-0.4, -0.2) is 0 Å². The maximum Gasteiger partial charge on any atom is 0.146 e. The summed E-state index contributed by atoms with van der Waals surface area (Å²) < 4.78 is 11.3. The van der Waals surface area contributed by atoms with Crippen molar-refractivity contribution in [3.8, 4) is 5.75 Å². The summed E-state index contributed by atoms with van der Waals surface area (Å²) in [6.45, 7) is 0.457. The Morgan fingerprint density at radius 3 is 2.47 bits per heavy atom. The molecule has 17 heavy (non-hydrogen) atoms. The van der Waals surface area contributed by atoms with Gasteiger partial charge in [0, 0.05) is 5.39 Å². The van der Waals surface area contributed by atoms with Crippen LogP contribution in [0.2, 0.25) is 0 Å². The minimum atomic E-state index is 0.457. The Morgan fingerprint density at radius 1 is 0.882 bits per heavy atom. The quantitative estimate of drug-likeness (QED) is 0.670. The fourth-order valence-corrected chi connectivity index (χ4v) is 1.78. The lowest BCUT2D eigenvalue weighted by molar-refractivity contribution is 0.274. The molecule has 0 saturated heterocycles. The van der Waals surface area contributed by atoms with Crippen molar-refractivity contribution in [1.29, 1.82) is 0 Å². The highest BCUT2D eigenvalue weighted by Crippen LogP contribution is 2.20. The molecule has 0 amide bonds. The Balaban J connectivity index is 1.77. The molecule has 3 aromatic rings. The van der Waals surface area contributed by atoms with E-state index in [1.54, 1.807) is 0 Å². The third-order valence-electron chi connectivity index (χ3n) is 2.60. The molecule has 0 bridgehead atoms. The summed E-state index contributed by atoms with van der Waals surface area (Å²) in [7, 11) is 0. The first kappa shape index (κ1) is 9.97. The molecule has 0 fully saturated rings. The number of hydrogen-bond donors (Lipinski definition) is 0. The van der Waals surface area contributed by atoms with Gasteiger partial charge in [-0.15, -0.1) is 0 Å². The molecular formula is C15H12O2. The van der Waals surface area contributed by atoms with E-state index in [1.165, 1.54) is 0 Å². The number of rotatable bonds is 3. The molecule has 2 aromatic carbocycles. The van der Waals surface area contributed by atoms with Crippen molar-refractivity contribution >= 4 is 11.0 Å². The number of fused-ring (bicyclic) bond motifs is 1. The maximum absolute atomic E-state index is 5.66. The zero-order chi connectivity index (χ0) is 11.5. The Labute approximate surface area is 99.4 Å². The van der Waals surface area contributed by atoms with E-state index in [0.29, 0.717) is 6.61 Å². The third kappa shape index (κ3) is 2.16. The van der Waals surface area contributed by atoms with Crippen LogP contribution in [-0.2, 0) is 6.61 Å². The summed E-state index contributed by atoms with van der Waals surface area (Å²) in [6, 6.07) is 19.7. The summed E-state index contributed by atoms with van der Waals surface area (Å²) >= 11 is 0. The summed E-state index contributed by atoms with van der Waals surface area (Å²) in [6.07, 6.45) is 0. The van der Waals surface area contributed by atoms with Crippen LogP contribution in [0, 0.1) is 0 Å². The molecule has 1 heterocycles. The van der Waals surface area contributed by atoms with Crippen molar-refractivity contribution in [3.63, 3.8) is 0 Å². The van der Waals surface area contributed by atoms with Gasteiger partial charge >= 0.3 is 0 Å². The fourth-order valence-electron chi connectivity index (χ4n) is 1.78. The Kier molecular flexibility index (Phi) is 2.54. The van der Waals surface area contributed by atoms with Crippen LogP contribution in [0.25, 0.3) is 11.0 Å². The van der Waals surface area contributed by atoms with Gasteiger partial charge in [0.2, 0.25) is 0 Å². The normalized spacial score (nSPS) is 10.6. The van der Waals surface area contributed by atoms with E-state index in [9.17, 15) is 0 Å². The molecule has 1 aromatic heterocycles. The van der Waals surface area contributed by atoms with Crippen LogP contribution in [0.15, 0.2) is 65.1 Å². The average molecular weight is 224 g/mol. The van der Waals surface area contributed by atoms with Gasteiger partial charge < -0.3 is 9.15 Å². The lowest BCUT2D eigenvalue weighted by atomic mass is 10.2. The highest BCUT2D eigenvalue weighted by atomic mass is 16.5. The van der Waals surface area contributed by atoms with E-state index in [-0.39, 0.29) is 0 Å². The van der Waals surface area contributed by atoms with Crippen LogP contribution in [0.3, 0.4) is 0 Å². The smallest absolute Gasteiger partial charge is 0.146 e. The summed E-state index contributed by atoms with van der Waals surface area (Å²) in [5, 5.41) is 1.11. The largest absolute Gasteiger partial charge is 0.486 e. The van der Waals surface area contributed by atoms with Crippen LogP contribution < -0.4 is 4.74 Å². The van der Waals surface area contributed by atoms with E-state index in [0.717, 1.165) is 22.5 Å². The minimum absolute atomic E-state index is 0.457. The van der Waals surface area contributed by atoms with Gasteiger partial charge in [0.05, 0.1) is 0 Å². The first-order chi connectivity index (χ1) is 8.42. The molecule has 0 unspecified atom stereocenters. The summed E-state index contributed by atoms with van der Waals surface area (Å²) in [4.78, 5) is 0. The molecule has 2 heteroatoms. The van der Waals surface area contributed by atoms with E-state index < -0.39 is 0 Å². The van der Waals surface area contributed by atoms with Crippen LogP contribution in [0.1, 0.15) is 5.76 Å². The van der Waals surface area contributed by atoms with Gasteiger partial charge in [-0.1, -0.05) is 36.4 Å². The lowest BCUT2D eigenvalue weighted by Crippen LogP contribution is -1.92. The number of benzene rings is 2. The van der Waals surface area contributed by atoms with E-state index in [2.05, 4.69) is 0 Å². The number of ether oxygens (including phenoxy) is 1. The zero-order valence-corrected chi connectivity index (χ0v) is 9.30. The summed E-state index contributed by atoms with van der Waals surface area (Å²) in [5.74, 6) is 1.70. The second kappa shape index (κ2) is 4.34. The topological polar surface area (TPSA) is 22.4 Å². The Bertz CT molecular complexity index is 578. The number of hydrogen-bond acceptors (Lipinski definition) is 2. The number of furan rings is 1. The molecular weight excluding hydrogens is 212 g/mol. The standard InChI is InChI=1S/C15H12O2/c1-2-7-13(8-3-1)16-11-14-10-12-6-4-5-9-15(12)17-14/h1-10H,11H2. The fraction of sp³-hybridized carbons (Fsp3) is 0.0667. The van der Waals surface area contributed by atoms with Gasteiger partial charge in [-0.05, 0) is 24.3 Å². The van der Waals surface area contributed by atoms with Gasteiger partial charge in [-0.3, -0.25) is 0 Å². The van der Waals surface area contributed by atoms with Gasteiger partial charge in [-0.25, -0.2) is 0 Å². The first-order valence-corrected chi connectivity index (χ1v) is 5.57. The second-order valence-corrected chi connectivity index (χ2v) is 3.85. The minimum Gasteiger partial charge on any atom is -0.486 e. The van der Waals surface area contributed by atoms with E-state index >= 15 is 0 Å². The first-order valence-electron chi connectivity index (χ1n) is 5.57. The highest BCUT2D eigenvalue weighted by molar-refractivity contribution is 5.77. The van der Waals surface area contributed by atoms with Crippen molar-refractivity contribution in [2.24, 2.45) is 0 Å². The monoisotopic (exact) mass is 224 g/mol. The SMILES string of the molecule is c1ccc(OCc2cc3ccccc3o2)cc1. The van der Waals surface area contributed by atoms with Crippen molar-refractivity contribution in [3.05, 3.63) is 66.4 Å². The molecule has 3 rings (SSSR count). The highest BCUT2D eigenvalue weighted by Gasteiger charge is 2.03. The van der Waals surface area contributed by atoms with Crippen molar-refractivity contribution in [2.45, 2.75) is 6.61 Å². The molecule has 0 aliphatic carbocycles. The maximum atomic E-state index is 5.66. The van der Waals surface area contributed by atoms with Crippen molar-refractivity contribution in [2.75, 3.05) is 0 Å². The van der Waals surface area contributed by atoms with Gasteiger partial charge in [0.1, 0.15) is 23.7 Å². The third-order valence-corrected chi connectivity index (χ3v) is 2.60. The molecule has 0 atom stereocenters. The van der Waals surface area contributed by atoms with Gasteiger partial charge in [0.15, 0.2) is 0 Å². The van der Waals surface area contributed by atoms with Crippen LogP contribution in [0.5, 0.6) is 5.75 Å². The average Bonchev–Trinajstić information content (AvgIpc) is 2.80. The number of para-hydroxylation sites is 2. The van der Waals surface area contributed by atoms with Gasteiger partial charge in [0.25, 0.3) is 0 Å². The second-order valence-electron chi connectivity index (χ2n) is 3.85. The molecule has 2 nitrogen and oxygen atoms in total. The molecule has 0 N–H and O–H groups in total. The van der Waals surface area contributed by atoms with Crippen molar-refractivity contribution in [1.82, 2.24) is 0 Å². The molecule has 84 valence electrons. The Hall–Kier alpha value is -2.22. The van der Waals surface area contributed by atoms with Crippen LogP contribution >= 0.6 is 0 Å². The lowest BCUT2D eigenvalue weighted by Gasteiger charge is -2.02. The van der Waals surface area contributed by atoms with E-state index in [4.69, 9.17) is 9.15 Å². The van der Waals surface area contributed by atoms with Crippen LogP contribution in [0.4, 0.5) is 0 Å². The van der Waals surface area contributed by atoms with Gasteiger partial charge in [-0.2, -0.15) is 0 Å².